The van der Waals surface area contributed by atoms with E-state index in [1.54, 1.807) is 11.0 Å². The van der Waals surface area contributed by atoms with Crippen LogP contribution in [-0.4, -0.2) is 58.7 Å². The first-order valence-corrected chi connectivity index (χ1v) is 12.7. The van der Waals surface area contributed by atoms with Gasteiger partial charge in [-0.2, -0.15) is 0 Å². The Morgan fingerprint density at radius 2 is 1.94 bits per heavy atom. The lowest BCUT2D eigenvalue weighted by Crippen LogP contribution is -2.58. The fourth-order valence-corrected chi connectivity index (χ4v) is 4.82. The number of likely N-dealkylation sites (tertiary alicyclic amines) is 1. The number of aromatic nitrogens is 1. The van der Waals surface area contributed by atoms with Crippen molar-refractivity contribution in [2.75, 3.05) is 19.0 Å². The monoisotopic (exact) mass is 512 g/mol. The molecule has 190 valence electrons. The van der Waals surface area contributed by atoms with Crippen LogP contribution in [0.25, 0.3) is 10.9 Å². The average Bonchev–Trinajstić information content (AvgIpc) is 3.30. The molecule has 0 bridgehead atoms. The van der Waals surface area contributed by atoms with Gasteiger partial charge in [-0.05, 0) is 55.0 Å². The summed E-state index contributed by atoms with van der Waals surface area (Å²) in [5.41, 5.74) is 2.65. The smallest absolute Gasteiger partial charge is 0.246 e. The number of alkyl halides is 1. The van der Waals surface area contributed by atoms with Gasteiger partial charge in [-0.1, -0.05) is 30.3 Å². The highest BCUT2D eigenvalue weighted by atomic mass is 35.5. The van der Waals surface area contributed by atoms with Gasteiger partial charge in [-0.25, -0.2) is 4.39 Å². The highest BCUT2D eigenvalue weighted by Crippen LogP contribution is 2.21. The zero-order valence-electron chi connectivity index (χ0n) is 19.9. The van der Waals surface area contributed by atoms with Crippen LogP contribution < -0.4 is 10.6 Å². The summed E-state index contributed by atoms with van der Waals surface area (Å²) in [6.45, 7) is 0.804. The SMILES string of the molecule is O=C(CCl)N[C@@H](Cc1ccccc1)C(=O)N1CCCC[C@H]1C(=O)NCCc1c[nH]c2ccc(F)cc12. The number of amides is 3. The van der Waals surface area contributed by atoms with Crippen molar-refractivity contribution in [1.82, 2.24) is 20.5 Å². The predicted molar refractivity (Wildman–Crippen MR) is 137 cm³/mol. The maximum Gasteiger partial charge on any atom is 0.246 e. The normalized spacial score (nSPS) is 16.5. The Morgan fingerprint density at radius 3 is 2.72 bits per heavy atom. The van der Waals surface area contributed by atoms with E-state index in [0.717, 1.165) is 34.9 Å². The minimum Gasteiger partial charge on any atom is -0.361 e. The summed E-state index contributed by atoms with van der Waals surface area (Å²) in [5, 5.41) is 6.46. The second-order valence-corrected chi connectivity index (χ2v) is 9.30. The number of nitrogens with one attached hydrogen (secondary N) is 3. The lowest BCUT2D eigenvalue weighted by Gasteiger charge is -2.37. The molecule has 7 nitrogen and oxygen atoms in total. The van der Waals surface area contributed by atoms with Gasteiger partial charge >= 0.3 is 0 Å². The number of piperidine rings is 1. The van der Waals surface area contributed by atoms with E-state index in [-0.39, 0.29) is 23.5 Å². The van der Waals surface area contributed by atoms with Crippen LogP contribution in [0.3, 0.4) is 0 Å². The van der Waals surface area contributed by atoms with Crippen molar-refractivity contribution in [3.8, 4) is 0 Å². The molecule has 0 radical (unpaired) electrons. The first-order chi connectivity index (χ1) is 17.5. The Hall–Kier alpha value is -3.39. The number of carbonyl (C=O) groups excluding carboxylic acids is 3. The summed E-state index contributed by atoms with van der Waals surface area (Å²) < 4.78 is 13.7. The first kappa shape index (κ1) is 25.7. The minimum absolute atomic E-state index is 0.226. The molecule has 2 atom stereocenters. The van der Waals surface area contributed by atoms with E-state index in [4.69, 9.17) is 11.6 Å². The first-order valence-electron chi connectivity index (χ1n) is 12.2. The summed E-state index contributed by atoms with van der Waals surface area (Å²) in [4.78, 5) is 43.5. The quantitative estimate of drug-likeness (QED) is 0.384. The number of H-pyrrole nitrogens is 1. The molecule has 1 saturated heterocycles. The third-order valence-corrected chi connectivity index (χ3v) is 6.79. The van der Waals surface area contributed by atoms with Crippen molar-refractivity contribution >= 4 is 40.2 Å². The number of benzene rings is 2. The molecule has 2 heterocycles. The minimum atomic E-state index is -0.812. The second kappa shape index (κ2) is 12.0. The fraction of sp³-hybridized carbons (Fsp3) is 0.370. The molecule has 1 aliphatic heterocycles. The van der Waals surface area contributed by atoms with Gasteiger partial charge in [-0.3, -0.25) is 14.4 Å². The van der Waals surface area contributed by atoms with E-state index >= 15 is 0 Å². The van der Waals surface area contributed by atoms with Gasteiger partial charge in [0.05, 0.1) is 0 Å². The van der Waals surface area contributed by atoms with Crippen molar-refractivity contribution < 1.29 is 18.8 Å². The Bertz CT molecular complexity index is 1220. The molecular formula is C27H30ClFN4O3. The molecule has 2 aromatic carbocycles. The number of hydrogen-bond donors (Lipinski definition) is 3. The second-order valence-electron chi connectivity index (χ2n) is 9.03. The van der Waals surface area contributed by atoms with Crippen LogP contribution in [0.4, 0.5) is 4.39 Å². The molecule has 0 spiro atoms. The van der Waals surface area contributed by atoms with Crippen molar-refractivity contribution in [2.24, 2.45) is 0 Å². The van der Waals surface area contributed by atoms with Crippen molar-refractivity contribution in [1.29, 1.82) is 0 Å². The molecule has 3 N–H and O–H groups in total. The van der Waals surface area contributed by atoms with Crippen molar-refractivity contribution in [3.63, 3.8) is 0 Å². The molecule has 36 heavy (non-hydrogen) atoms. The van der Waals surface area contributed by atoms with Gasteiger partial charge < -0.3 is 20.5 Å². The van der Waals surface area contributed by atoms with Crippen LogP contribution in [0.5, 0.6) is 0 Å². The highest BCUT2D eigenvalue weighted by molar-refractivity contribution is 6.27. The third-order valence-electron chi connectivity index (χ3n) is 6.55. The molecular weight excluding hydrogens is 483 g/mol. The van der Waals surface area contributed by atoms with Gasteiger partial charge in [0, 0.05) is 36.6 Å². The zero-order chi connectivity index (χ0) is 25.5. The Kier molecular flexibility index (Phi) is 8.59. The van der Waals surface area contributed by atoms with Gasteiger partial charge in [0.2, 0.25) is 17.7 Å². The summed E-state index contributed by atoms with van der Waals surface area (Å²) in [6.07, 6.45) is 4.83. The average molecular weight is 513 g/mol. The third kappa shape index (κ3) is 6.23. The fourth-order valence-electron chi connectivity index (χ4n) is 4.75. The molecule has 0 aliphatic carbocycles. The summed E-state index contributed by atoms with van der Waals surface area (Å²) in [5.74, 6) is -1.50. The largest absolute Gasteiger partial charge is 0.361 e. The maximum absolute atomic E-state index is 13.7. The molecule has 4 rings (SSSR count). The molecule has 1 aliphatic rings. The molecule has 0 saturated carbocycles. The van der Waals surface area contributed by atoms with E-state index < -0.39 is 18.0 Å². The summed E-state index contributed by atoms with van der Waals surface area (Å²) in [6, 6.07) is 12.6. The van der Waals surface area contributed by atoms with Gasteiger partial charge in [0.1, 0.15) is 23.8 Å². The van der Waals surface area contributed by atoms with Crippen LogP contribution in [0.1, 0.15) is 30.4 Å². The lowest BCUT2D eigenvalue weighted by molar-refractivity contribution is -0.144. The Balaban J connectivity index is 1.42. The highest BCUT2D eigenvalue weighted by Gasteiger charge is 2.36. The number of rotatable bonds is 9. The topological polar surface area (TPSA) is 94.3 Å². The van der Waals surface area contributed by atoms with Gasteiger partial charge in [-0.15, -0.1) is 11.6 Å². The van der Waals surface area contributed by atoms with Crippen LogP contribution >= 0.6 is 11.6 Å². The van der Waals surface area contributed by atoms with E-state index in [1.807, 2.05) is 36.5 Å². The molecule has 3 aromatic rings. The number of hydrogen-bond acceptors (Lipinski definition) is 3. The van der Waals surface area contributed by atoms with E-state index in [0.29, 0.717) is 32.4 Å². The van der Waals surface area contributed by atoms with Crippen LogP contribution in [0.2, 0.25) is 0 Å². The standard InChI is InChI=1S/C27H30ClFN4O3/c28-16-25(34)32-23(14-18-6-2-1-3-7-18)27(36)33-13-5-4-8-24(33)26(35)30-12-11-19-17-31-22-10-9-20(29)15-21(19)22/h1-3,6-7,9-10,15,17,23-24,31H,4-5,8,11-14,16H2,(H,30,35)(H,32,34)/t23-,24-/m0/s1. The van der Waals surface area contributed by atoms with Gasteiger partial charge in [0.25, 0.3) is 0 Å². The number of halogens is 2. The summed E-state index contributed by atoms with van der Waals surface area (Å²) >= 11 is 5.69. The predicted octanol–water partition coefficient (Wildman–Crippen LogP) is 3.31. The number of aromatic amines is 1. The molecule has 1 aromatic heterocycles. The Labute approximate surface area is 214 Å². The van der Waals surface area contributed by atoms with E-state index in [1.165, 1.54) is 12.1 Å². The lowest BCUT2D eigenvalue weighted by atomic mass is 9.98. The van der Waals surface area contributed by atoms with E-state index in [2.05, 4.69) is 15.6 Å². The van der Waals surface area contributed by atoms with Crippen LogP contribution in [0.15, 0.2) is 54.7 Å². The molecule has 3 amide bonds. The maximum atomic E-state index is 13.7. The van der Waals surface area contributed by atoms with Crippen molar-refractivity contribution in [3.05, 3.63) is 71.7 Å². The zero-order valence-corrected chi connectivity index (χ0v) is 20.7. The molecule has 9 heteroatoms. The summed E-state index contributed by atoms with van der Waals surface area (Å²) in [7, 11) is 0. The Morgan fingerprint density at radius 1 is 1.14 bits per heavy atom. The number of fused-ring (bicyclic) bond motifs is 1. The molecule has 0 unspecified atom stereocenters. The van der Waals surface area contributed by atoms with Gasteiger partial charge in [0.15, 0.2) is 0 Å². The molecule has 1 fully saturated rings. The van der Waals surface area contributed by atoms with Crippen LogP contribution in [-0.2, 0) is 27.2 Å². The van der Waals surface area contributed by atoms with E-state index in [9.17, 15) is 18.8 Å². The van der Waals surface area contributed by atoms with Crippen molar-refractivity contribution in [2.45, 2.75) is 44.2 Å². The number of carbonyl (C=O) groups is 3. The van der Waals surface area contributed by atoms with Crippen LogP contribution in [0, 0.1) is 5.82 Å². The number of nitrogens with zero attached hydrogens (tertiary/aromatic N) is 1.